The average molecular weight is 313 g/mol. The number of nitrogens with zero attached hydrogens (tertiary/aromatic N) is 1. The summed E-state index contributed by atoms with van der Waals surface area (Å²) in [6.07, 6.45) is -0.404. The molecule has 0 spiro atoms. The number of hydrogen-bond donors (Lipinski definition) is 2. The third kappa shape index (κ3) is 2.96. The molecule has 14 heavy (non-hydrogen) atoms. The lowest BCUT2D eigenvalue weighted by Gasteiger charge is -2.38. The molecule has 0 bridgehead atoms. The first-order valence-electron chi connectivity index (χ1n) is 4.55. The molecule has 1 amide bonds. The molecule has 0 aromatic heterocycles. The van der Waals surface area contributed by atoms with Gasteiger partial charge in [-0.05, 0) is 5.92 Å². The number of methoxy groups -OCH3 is 1. The zero-order chi connectivity index (χ0) is 10.7. The SMILES string of the molecule is COC(=O)N[C@@H]1[C@H](N)CN(I)C[C@@H]1C. The third-order valence-corrected chi connectivity index (χ3v) is 3.23. The van der Waals surface area contributed by atoms with E-state index in [1.807, 2.05) is 0 Å². The minimum atomic E-state index is -0.404. The maximum atomic E-state index is 11.0. The lowest BCUT2D eigenvalue weighted by atomic mass is 9.92. The van der Waals surface area contributed by atoms with Gasteiger partial charge in [0.05, 0.1) is 13.2 Å². The smallest absolute Gasteiger partial charge is 0.407 e. The minimum Gasteiger partial charge on any atom is -0.453 e. The second kappa shape index (κ2) is 5.13. The van der Waals surface area contributed by atoms with Crippen LogP contribution in [0.1, 0.15) is 6.92 Å². The Hall–Kier alpha value is -0.0800. The van der Waals surface area contributed by atoms with Gasteiger partial charge in [-0.3, -0.25) is 0 Å². The molecular weight excluding hydrogens is 297 g/mol. The first-order chi connectivity index (χ1) is 6.54. The van der Waals surface area contributed by atoms with Gasteiger partial charge in [0.1, 0.15) is 0 Å². The van der Waals surface area contributed by atoms with E-state index in [2.05, 4.69) is 43.0 Å². The Morgan fingerprint density at radius 2 is 2.29 bits per heavy atom. The summed E-state index contributed by atoms with van der Waals surface area (Å²) in [5.74, 6) is 0.342. The third-order valence-electron chi connectivity index (χ3n) is 2.44. The number of nitrogens with two attached hydrogens (primary N) is 1. The van der Waals surface area contributed by atoms with Crippen LogP contribution in [0.4, 0.5) is 4.79 Å². The number of ether oxygens (including phenoxy) is 1. The van der Waals surface area contributed by atoms with E-state index in [1.54, 1.807) is 0 Å². The number of amides is 1. The average Bonchev–Trinajstić information content (AvgIpc) is 2.10. The van der Waals surface area contributed by atoms with Gasteiger partial charge in [0.25, 0.3) is 0 Å². The highest BCUT2D eigenvalue weighted by atomic mass is 127. The van der Waals surface area contributed by atoms with E-state index in [0.29, 0.717) is 5.92 Å². The van der Waals surface area contributed by atoms with Crippen LogP contribution in [0.5, 0.6) is 0 Å². The van der Waals surface area contributed by atoms with Crippen molar-refractivity contribution >= 4 is 29.0 Å². The molecule has 82 valence electrons. The molecule has 0 unspecified atom stereocenters. The van der Waals surface area contributed by atoms with Gasteiger partial charge in [-0.1, -0.05) is 6.92 Å². The number of piperidine rings is 1. The lowest BCUT2D eigenvalue weighted by molar-refractivity contribution is 0.148. The largest absolute Gasteiger partial charge is 0.453 e. The van der Waals surface area contributed by atoms with E-state index in [9.17, 15) is 4.79 Å². The first kappa shape index (κ1) is 12.0. The number of nitrogens with one attached hydrogen (secondary N) is 1. The number of alkyl carbamates (subject to hydrolysis) is 1. The van der Waals surface area contributed by atoms with Crippen LogP contribution < -0.4 is 11.1 Å². The van der Waals surface area contributed by atoms with Crippen LogP contribution in [0.15, 0.2) is 0 Å². The van der Waals surface area contributed by atoms with E-state index in [0.717, 1.165) is 13.1 Å². The molecule has 1 fully saturated rings. The molecule has 1 aliphatic heterocycles. The van der Waals surface area contributed by atoms with E-state index < -0.39 is 6.09 Å². The van der Waals surface area contributed by atoms with Gasteiger partial charge >= 0.3 is 6.09 Å². The van der Waals surface area contributed by atoms with Gasteiger partial charge in [0.15, 0.2) is 0 Å². The number of carbonyl (C=O) groups excluding carboxylic acids is 1. The van der Waals surface area contributed by atoms with Crippen molar-refractivity contribution in [1.82, 2.24) is 8.43 Å². The van der Waals surface area contributed by atoms with E-state index >= 15 is 0 Å². The van der Waals surface area contributed by atoms with Crippen LogP contribution in [0.2, 0.25) is 0 Å². The van der Waals surface area contributed by atoms with Crippen molar-refractivity contribution in [2.75, 3.05) is 20.2 Å². The highest BCUT2D eigenvalue weighted by Crippen LogP contribution is 2.18. The molecule has 5 nitrogen and oxygen atoms in total. The van der Waals surface area contributed by atoms with Crippen LogP contribution in [-0.2, 0) is 4.74 Å². The highest BCUT2D eigenvalue weighted by molar-refractivity contribution is 14.1. The normalized spacial score (nSPS) is 33.9. The molecule has 0 aliphatic carbocycles. The van der Waals surface area contributed by atoms with Crippen LogP contribution in [0, 0.1) is 5.92 Å². The molecule has 0 saturated carbocycles. The summed E-state index contributed by atoms with van der Waals surface area (Å²) >= 11 is 2.25. The maximum absolute atomic E-state index is 11.0. The summed E-state index contributed by atoms with van der Waals surface area (Å²) in [5, 5.41) is 2.77. The Balaban J connectivity index is 2.53. The summed E-state index contributed by atoms with van der Waals surface area (Å²) in [6, 6.07) is -0.0248. The number of halogens is 1. The number of hydrogen-bond acceptors (Lipinski definition) is 4. The molecule has 0 aromatic carbocycles. The second-order valence-electron chi connectivity index (χ2n) is 3.63. The van der Waals surface area contributed by atoms with Crippen molar-refractivity contribution in [3.8, 4) is 0 Å². The van der Waals surface area contributed by atoms with Crippen molar-refractivity contribution in [2.45, 2.75) is 19.0 Å². The molecule has 6 heteroatoms. The minimum absolute atomic E-state index is 0.00784. The Morgan fingerprint density at radius 3 is 2.79 bits per heavy atom. The standard InChI is InChI=1S/C8H16IN3O2/c1-5-3-12(9)4-6(10)7(5)11-8(13)14-2/h5-7H,3-4,10H2,1-2H3,(H,11,13)/t5-,6+,7-/m0/s1. The van der Waals surface area contributed by atoms with Crippen molar-refractivity contribution in [3.63, 3.8) is 0 Å². The molecule has 0 aromatic rings. The summed E-state index contributed by atoms with van der Waals surface area (Å²) in [7, 11) is 1.36. The van der Waals surface area contributed by atoms with E-state index in [1.165, 1.54) is 7.11 Å². The van der Waals surface area contributed by atoms with Crippen molar-refractivity contribution in [3.05, 3.63) is 0 Å². The fraction of sp³-hybridized carbons (Fsp3) is 0.875. The predicted molar refractivity (Wildman–Crippen MR) is 62.1 cm³/mol. The van der Waals surface area contributed by atoms with Gasteiger partial charge in [-0.15, -0.1) is 0 Å². The molecule has 1 saturated heterocycles. The van der Waals surface area contributed by atoms with Gasteiger partial charge < -0.3 is 15.8 Å². The van der Waals surface area contributed by atoms with Crippen molar-refractivity contribution in [1.29, 1.82) is 0 Å². The molecular formula is C8H16IN3O2. The second-order valence-corrected chi connectivity index (χ2v) is 5.00. The summed E-state index contributed by atoms with van der Waals surface area (Å²) in [6.45, 7) is 3.80. The number of rotatable bonds is 1. The molecule has 1 aliphatic rings. The van der Waals surface area contributed by atoms with Crippen LogP contribution in [-0.4, -0.2) is 41.5 Å². The zero-order valence-corrected chi connectivity index (χ0v) is 10.5. The molecule has 3 N–H and O–H groups in total. The topological polar surface area (TPSA) is 67.6 Å². The van der Waals surface area contributed by atoms with Gasteiger partial charge in [0, 0.05) is 42.0 Å². The molecule has 0 radical (unpaired) electrons. The molecule has 3 atom stereocenters. The Bertz CT molecular complexity index is 203. The Kier molecular flexibility index (Phi) is 4.39. The highest BCUT2D eigenvalue weighted by Gasteiger charge is 2.32. The summed E-state index contributed by atoms with van der Waals surface area (Å²) < 4.78 is 6.70. The van der Waals surface area contributed by atoms with Gasteiger partial charge in [0.2, 0.25) is 0 Å². The Morgan fingerprint density at radius 1 is 1.64 bits per heavy atom. The summed E-state index contributed by atoms with van der Waals surface area (Å²) in [4.78, 5) is 11.0. The lowest BCUT2D eigenvalue weighted by Crippen LogP contribution is -2.59. The maximum Gasteiger partial charge on any atom is 0.407 e. The van der Waals surface area contributed by atoms with Crippen molar-refractivity contribution in [2.24, 2.45) is 11.7 Å². The van der Waals surface area contributed by atoms with Crippen LogP contribution >= 0.6 is 22.9 Å². The molecule has 1 heterocycles. The van der Waals surface area contributed by atoms with E-state index in [4.69, 9.17) is 5.73 Å². The molecule has 1 rings (SSSR count). The quantitative estimate of drug-likeness (QED) is 0.541. The van der Waals surface area contributed by atoms with Gasteiger partial charge in [-0.25, -0.2) is 7.91 Å². The predicted octanol–water partition coefficient (Wildman–Crippen LogP) is 0.340. The van der Waals surface area contributed by atoms with Crippen molar-refractivity contribution < 1.29 is 9.53 Å². The van der Waals surface area contributed by atoms with E-state index in [-0.39, 0.29) is 12.1 Å². The zero-order valence-electron chi connectivity index (χ0n) is 8.37. The Labute approximate surface area is 97.8 Å². The number of carbonyl (C=O) groups is 1. The van der Waals surface area contributed by atoms with Crippen LogP contribution in [0.3, 0.4) is 0 Å². The van der Waals surface area contributed by atoms with Crippen LogP contribution in [0.25, 0.3) is 0 Å². The first-order valence-corrected chi connectivity index (χ1v) is 5.52. The summed E-state index contributed by atoms with van der Waals surface area (Å²) in [5.41, 5.74) is 5.95. The monoisotopic (exact) mass is 313 g/mol. The van der Waals surface area contributed by atoms with Gasteiger partial charge in [-0.2, -0.15) is 0 Å². The fourth-order valence-corrected chi connectivity index (χ4v) is 2.79. The fourth-order valence-electron chi connectivity index (χ4n) is 1.71.